The lowest BCUT2D eigenvalue weighted by Crippen LogP contribution is -2.20. The molecule has 1 aromatic rings. The van der Waals surface area contributed by atoms with Crippen molar-refractivity contribution in [3.8, 4) is 6.07 Å². The van der Waals surface area contributed by atoms with Crippen LogP contribution in [-0.2, 0) is 5.41 Å². The van der Waals surface area contributed by atoms with Gasteiger partial charge in [-0.1, -0.05) is 6.07 Å². The molecule has 1 amide bonds. The van der Waals surface area contributed by atoms with Gasteiger partial charge in [0, 0.05) is 5.56 Å². The Morgan fingerprint density at radius 2 is 2.06 bits per heavy atom. The predicted molar refractivity (Wildman–Crippen MR) is 58.0 cm³/mol. The summed E-state index contributed by atoms with van der Waals surface area (Å²) in [5, 5.41) is 8.89. The van der Waals surface area contributed by atoms with E-state index in [1.165, 1.54) is 12.1 Å². The molecule has 0 saturated heterocycles. The molecule has 0 heterocycles. The van der Waals surface area contributed by atoms with Gasteiger partial charge in [0.2, 0.25) is 0 Å². The van der Waals surface area contributed by atoms with Crippen molar-refractivity contribution in [1.82, 2.24) is 0 Å². The topological polar surface area (TPSA) is 92.9 Å². The first-order chi connectivity index (χ1) is 7.31. The second kappa shape index (κ2) is 3.81. The van der Waals surface area contributed by atoms with Gasteiger partial charge in [-0.05, 0) is 19.9 Å². The SMILES string of the molecule is CC(C)(C#N)c1ccc(C(N)=O)c(N)c1F. The van der Waals surface area contributed by atoms with Crippen LogP contribution in [0.4, 0.5) is 10.1 Å². The van der Waals surface area contributed by atoms with E-state index in [2.05, 4.69) is 0 Å². The lowest BCUT2D eigenvalue weighted by molar-refractivity contribution is 0.100. The Kier molecular flexibility index (Phi) is 2.86. The minimum atomic E-state index is -1.01. The molecule has 1 aromatic carbocycles. The highest BCUT2D eigenvalue weighted by molar-refractivity contribution is 5.98. The quantitative estimate of drug-likeness (QED) is 0.737. The molecule has 0 aliphatic heterocycles. The first-order valence-electron chi connectivity index (χ1n) is 4.60. The van der Waals surface area contributed by atoms with Crippen LogP contribution in [0.2, 0.25) is 0 Å². The van der Waals surface area contributed by atoms with Crippen molar-refractivity contribution in [2.45, 2.75) is 19.3 Å². The molecule has 0 saturated carbocycles. The number of nitriles is 1. The van der Waals surface area contributed by atoms with Gasteiger partial charge in [-0.2, -0.15) is 5.26 Å². The van der Waals surface area contributed by atoms with E-state index in [-0.39, 0.29) is 16.8 Å². The molecule has 0 fully saturated rings. The van der Waals surface area contributed by atoms with Gasteiger partial charge in [0.25, 0.3) is 5.91 Å². The molecule has 16 heavy (non-hydrogen) atoms. The normalized spacial score (nSPS) is 10.9. The molecule has 84 valence electrons. The summed E-state index contributed by atoms with van der Waals surface area (Å²) in [4.78, 5) is 10.9. The molecule has 0 atom stereocenters. The van der Waals surface area contributed by atoms with Crippen molar-refractivity contribution in [3.05, 3.63) is 29.1 Å². The summed E-state index contributed by atoms with van der Waals surface area (Å²) in [7, 11) is 0. The number of benzene rings is 1. The molecule has 0 bridgehead atoms. The molecule has 4 nitrogen and oxygen atoms in total. The summed E-state index contributed by atoms with van der Waals surface area (Å²) in [6, 6.07) is 4.65. The average molecular weight is 221 g/mol. The third-order valence-corrected chi connectivity index (χ3v) is 2.40. The molecular weight excluding hydrogens is 209 g/mol. The number of halogens is 1. The summed E-state index contributed by atoms with van der Waals surface area (Å²) < 4.78 is 13.8. The number of anilines is 1. The number of rotatable bonds is 2. The number of hydrogen-bond acceptors (Lipinski definition) is 3. The van der Waals surface area contributed by atoms with Crippen LogP contribution >= 0.6 is 0 Å². The highest BCUT2D eigenvalue weighted by Crippen LogP contribution is 2.29. The summed E-state index contributed by atoms with van der Waals surface area (Å²) in [6.07, 6.45) is 0. The molecule has 0 radical (unpaired) electrons. The van der Waals surface area contributed by atoms with Crippen LogP contribution in [0.25, 0.3) is 0 Å². The summed E-state index contributed by atoms with van der Waals surface area (Å²) in [5.41, 5.74) is 9.23. The van der Waals surface area contributed by atoms with Crippen LogP contribution in [0.15, 0.2) is 12.1 Å². The van der Waals surface area contributed by atoms with Crippen LogP contribution in [0.1, 0.15) is 29.8 Å². The predicted octanol–water partition coefficient (Wildman–Crippen LogP) is 1.31. The maximum atomic E-state index is 13.8. The number of nitrogens with two attached hydrogens (primary N) is 2. The largest absolute Gasteiger partial charge is 0.396 e. The molecule has 0 unspecified atom stereocenters. The molecule has 4 N–H and O–H groups in total. The van der Waals surface area contributed by atoms with Gasteiger partial charge < -0.3 is 11.5 Å². The third kappa shape index (κ3) is 1.82. The minimum absolute atomic E-state index is 0.0741. The fraction of sp³-hybridized carbons (Fsp3) is 0.273. The van der Waals surface area contributed by atoms with E-state index in [1.807, 2.05) is 6.07 Å². The Labute approximate surface area is 92.7 Å². The Morgan fingerprint density at radius 3 is 2.50 bits per heavy atom. The molecule has 0 aromatic heterocycles. The van der Waals surface area contributed by atoms with Crippen molar-refractivity contribution >= 4 is 11.6 Å². The third-order valence-electron chi connectivity index (χ3n) is 2.40. The van der Waals surface area contributed by atoms with E-state index >= 15 is 0 Å². The Balaban J connectivity index is 3.46. The van der Waals surface area contributed by atoms with Crippen molar-refractivity contribution < 1.29 is 9.18 Å². The Morgan fingerprint density at radius 1 is 1.50 bits per heavy atom. The van der Waals surface area contributed by atoms with Crippen LogP contribution in [-0.4, -0.2) is 5.91 Å². The van der Waals surface area contributed by atoms with Crippen molar-refractivity contribution in [2.75, 3.05) is 5.73 Å². The van der Waals surface area contributed by atoms with E-state index in [9.17, 15) is 9.18 Å². The summed E-state index contributed by atoms with van der Waals surface area (Å²) in [5.74, 6) is -1.56. The van der Waals surface area contributed by atoms with Gasteiger partial charge in [-0.15, -0.1) is 0 Å². The van der Waals surface area contributed by atoms with E-state index in [0.717, 1.165) is 0 Å². The smallest absolute Gasteiger partial charge is 0.250 e. The monoisotopic (exact) mass is 221 g/mol. The minimum Gasteiger partial charge on any atom is -0.396 e. The van der Waals surface area contributed by atoms with Gasteiger partial charge in [-0.3, -0.25) is 4.79 Å². The molecule has 0 aliphatic carbocycles. The molecule has 0 spiro atoms. The number of primary amides is 1. The molecule has 0 aliphatic rings. The van der Waals surface area contributed by atoms with Gasteiger partial charge in [0.15, 0.2) is 5.82 Å². The second-order valence-electron chi connectivity index (χ2n) is 3.99. The number of nitrogen functional groups attached to an aromatic ring is 1. The number of carbonyl (C=O) groups excluding carboxylic acids is 1. The second-order valence-corrected chi connectivity index (χ2v) is 3.99. The van der Waals surface area contributed by atoms with E-state index in [4.69, 9.17) is 16.7 Å². The van der Waals surface area contributed by atoms with Gasteiger partial charge in [0.1, 0.15) is 0 Å². The van der Waals surface area contributed by atoms with E-state index in [1.54, 1.807) is 13.8 Å². The molecule has 1 rings (SSSR count). The van der Waals surface area contributed by atoms with Crippen molar-refractivity contribution in [2.24, 2.45) is 5.73 Å². The summed E-state index contributed by atoms with van der Waals surface area (Å²) in [6.45, 7) is 3.13. The number of hydrogen-bond donors (Lipinski definition) is 2. The number of nitrogens with zero attached hydrogens (tertiary/aromatic N) is 1. The van der Waals surface area contributed by atoms with Crippen molar-refractivity contribution in [1.29, 1.82) is 5.26 Å². The fourth-order valence-corrected chi connectivity index (χ4v) is 1.35. The number of carbonyl (C=O) groups is 1. The lowest BCUT2D eigenvalue weighted by atomic mass is 9.85. The van der Waals surface area contributed by atoms with Gasteiger partial charge >= 0.3 is 0 Å². The van der Waals surface area contributed by atoms with Crippen LogP contribution in [0.3, 0.4) is 0 Å². The zero-order chi connectivity index (χ0) is 12.5. The van der Waals surface area contributed by atoms with Crippen LogP contribution in [0, 0.1) is 17.1 Å². The van der Waals surface area contributed by atoms with E-state index < -0.39 is 17.1 Å². The zero-order valence-electron chi connectivity index (χ0n) is 9.04. The zero-order valence-corrected chi connectivity index (χ0v) is 9.04. The summed E-state index contributed by atoms with van der Waals surface area (Å²) >= 11 is 0. The van der Waals surface area contributed by atoms with Gasteiger partial charge in [0.05, 0.1) is 22.7 Å². The Hall–Kier alpha value is -2.09. The van der Waals surface area contributed by atoms with Gasteiger partial charge in [-0.25, -0.2) is 4.39 Å². The first-order valence-corrected chi connectivity index (χ1v) is 4.60. The molecular formula is C11H12FN3O. The maximum absolute atomic E-state index is 13.8. The van der Waals surface area contributed by atoms with E-state index in [0.29, 0.717) is 0 Å². The highest BCUT2D eigenvalue weighted by atomic mass is 19.1. The van der Waals surface area contributed by atoms with Crippen LogP contribution < -0.4 is 11.5 Å². The highest BCUT2D eigenvalue weighted by Gasteiger charge is 2.26. The van der Waals surface area contributed by atoms with Crippen LogP contribution in [0.5, 0.6) is 0 Å². The average Bonchev–Trinajstić information content (AvgIpc) is 2.21. The van der Waals surface area contributed by atoms with Crippen molar-refractivity contribution in [3.63, 3.8) is 0 Å². The fourth-order valence-electron chi connectivity index (χ4n) is 1.35. The maximum Gasteiger partial charge on any atom is 0.250 e. The Bertz CT molecular complexity index is 489. The standard InChI is InChI=1S/C11H12FN3O/c1-11(2,5-13)7-4-3-6(10(15)16)9(14)8(7)12/h3-4H,14H2,1-2H3,(H2,15,16). The lowest BCUT2D eigenvalue weighted by Gasteiger charge is -2.18. The number of amides is 1. The molecule has 5 heteroatoms. The first kappa shape index (κ1) is 12.0.